The lowest BCUT2D eigenvalue weighted by Crippen LogP contribution is -2.42. The molecule has 18 heavy (non-hydrogen) atoms. The fraction of sp³-hybridized carbons (Fsp3) is 1.00. The first-order valence-corrected chi connectivity index (χ1v) is 7.95. The van der Waals surface area contributed by atoms with Gasteiger partial charge in [-0.2, -0.15) is 0 Å². The maximum atomic E-state index is 10.4. The molecular formula is C16H30O2. The minimum Gasteiger partial charge on any atom is -0.390 e. The fourth-order valence-corrected chi connectivity index (χ4v) is 3.93. The normalized spacial score (nSPS) is 38.3. The smallest absolute Gasteiger partial charge is 0.0830 e. The molecule has 0 aromatic heterocycles. The molecular weight excluding hydrogens is 224 g/mol. The predicted molar refractivity (Wildman–Crippen MR) is 74.3 cm³/mol. The fourth-order valence-electron chi connectivity index (χ4n) is 3.93. The largest absolute Gasteiger partial charge is 0.390 e. The molecule has 2 N–H and O–H groups in total. The van der Waals surface area contributed by atoms with Crippen LogP contribution >= 0.6 is 0 Å². The first kappa shape index (κ1) is 14.3. The van der Waals surface area contributed by atoms with Crippen molar-refractivity contribution in [2.24, 2.45) is 23.7 Å². The molecule has 0 radical (unpaired) electrons. The van der Waals surface area contributed by atoms with Crippen LogP contribution in [-0.2, 0) is 0 Å². The summed E-state index contributed by atoms with van der Waals surface area (Å²) < 4.78 is 0. The van der Waals surface area contributed by atoms with E-state index < -0.39 is 12.2 Å². The number of rotatable bonds is 3. The molecule has 2 heteroatoms. The van der Waals surface area contributed by atoms with Crippen molar-refractivity contribution in [3.63, 3.8) is 0 Å². The third kappa shape index (κ3) is 3.27. The van der Waals surface area contributed by atoms with Gasteiger partial charge in [0.15, 0.2) is 0 Å². The summed E-state index contributed by atoms with van der Waals surface area (Å²) >= 11 is 0. The van der Waals surface area contributed by atoms with E-state index in [4.69, 9.17) is 0 Å². The lowest BCUT2D eigenvalue weighted by Gasteiger charge is -2.38. The Morgan fingerprint density at radius 2 is 1.33 bits per heavy atom. The van der Waals surface area contributed by atoms with Gasteiger partial charge in [0, 0.05) is 0 Å². The zero-order chi connectivity index (χ0) is 13.1. The van der Waals surface area contributed by atoms with E-state index in [1.807, 2.05) is 0 Å². The number of aliphatic hydroxyl groups is 2. The second kappa shape index (κ2) is 6.38. The number of hydrogen-bond donors (Lipinski definition) is 2. The highest BCUT2D eigenvalue weighted by Crippen LogP contribution is 2.38. The molecule has 0 saturated heterocycles. The topological polar surface area (TPSA) is 40.5 Å². The van der Waals surface area contributed by atoms with Gasteiger partial charge in [-0.15, -0.1) is 0 Å². The van der Waals surface area contributed by atoms with Gasteiger partial charge in [-0.25, -0.2) is 0 Å². The maximum Gasteiger partial charge on any atom is 0.0830 e. The molecule has 0 aromatic carbocycles. The van der Waals surface area contributed by atoms with Crippen molar-refractivity contribution in [2.75, 3.05) is 0 Å². The van der Waals surface area contributed by atoms with Crippen LogP contribution in [0.5, 0.6) is 0 Å². The molecule has 2 saturated carbocycles. The van der Waals surface area contributed by atoms with Gasteiger partial charge < -0.3 is 10.2 Å². The summed E-state index contributed by atoms with van der Waals surface area (Å²) in [6.07, 6.45) is 8.41. The van der Waals surface area contributed by atoms with Crippen LogP contribution in [0.1, 0.15) is 65.2 Å². The summed E-state index contributed by atoms with van der Waals surface area (Å²) in [5.74, 6) is 2.15. The van der Waals surface area contributed by atoms with E-state index in [1.165, 1.54) is 25.7 Å². The zero-order valence-corrected chi connectivity index (χ0v) is 12.0. The highest BCUT2D eigenvalue weighted by atomic mass is 16.3. The minimum atomic E-state index is -0.483. The van der Waals surface area contributed by atoms with E-state index in [-0.39, 0.29) is 0 Å². The average molecular weight is 254 g/mol. The Balaban J connectivity index is 1.87. The van der Waals surface area contributed by atoms with Crippen LogP contribution in [0.3, 0.4) is 0 Å². The molecule has 0 bridgehead atoms. The van der Waals surface area contributed by atoms with Gasteiger partial charge in [-0.1, -0.05) is 39.5 Å². The summed E-state index contributed by atoms with van der Waals surface area (Å²) in [5, 5.41) is 20.8. The van der Waals surface area contributed by atoms with Crippen molar-refractivity contribution in [1.82, 2.24) is 0 Å². The second-order valence-electron chi connectivity index (χ2n) is 6.91. The van der Waals surface area contributed by atoms with Crippen molar-refractivity contribution in [1.29, 1.82) is 0 Å². The second-order valence-corrected chi connectivity index (χ2v) is 6.91. The van der Waals surface area contributed by atoms with Crippen LogP contribution in [0, 0.1) is 23.7 Å². The van der Waals surface area contributed by atoms with Crippen molar-refractivity contribution in [3.8, 4) is 0 Å². The van der Waals surface area contributed by atoms with Crippen LogP contribution in [0.15, 0.2) is 0 Å². The van der Waals surface area contributed by atoms with Gasteiger partial charge in [-0.05, 0) is 49.4 Å². The van der Waals surface area contributed by atoms with Crippen LogP contribution in [0.2, 0.25) is 0 Å². The minimum absolute atomic E-state index is 0.327. The van der Waals surface area contributed by atoms with Crippen molar-refractivity contribution in [2.45, 2.75) is 77.4 Å². The van der Waals surface area contributed by atoms with Gasteiger partial charge in [-0.3, -0.25) is 0 Å². The Morgan fingerprint density at radius 3 is 1.94 bits per heavy atom. The summed E-state index contributed by atoms with van der Waals surface area (Å²) in [4.78, 5) is 0. The van der Waals surface area contributed by atoms with Gasteiger partial charge in [0.25, 0.3) is 0 Å². The lowest BCUT2D eigenvalue weighted by molar-refractivity contribution is -0.0695. The van der Waals surface area contributed by atoms with E-state index in [2.05, 4.69) is 13.8 Å². The molecule has 2 nitrogen and oxygen atoms in total. The Morgan fingerprint density at radius 1 is 0.722 bits per heavy atom. The molecule has 0 amide bonds. The Bertz CT molecular complexity index is 245. The highest BCUT2D eigenvalue weighted by molar-refractivity contribution is 4.86. The zero-order valence-electron chi connectivity index (χ0n) is 12.0. The van der Waals surface area contributed by atoms with Crippen LogP contribution < -0.4 is 0 Å². The van der Waals surface area contributed by atoms with Crippen LogP contribution in [0.25, 0.3) is 0 Å². The molecule has 106 valence electrons. The van der Waals surface area contributed by atoms with Crippen molar-refractivity contribution < 1.29 is 10.2 Å². The SMILES string of the molecule is CC1CCC(C(O)C(O)C2CCCCC2)CC1C. The predicted octanol–water partition coefficient (Wildman–Crippen LogP) is 3.36. The summed E-state index contributed by atoms with van der Waals surface area (Å²) in [7, 11) is 0. The van der Waals surface area contributed by atoms with Crippen LogP contribution in [0.4, 0.5) is 0 Å². The molecule has 0 spiro atoms. The first-order chi connectivity index (χ1) is 8.59. The van der Waals surface area contributed by atoms with E-state index in [9.17, 15) is 10.2 Å². The molecule has 2 rings (SSSR count). The van der Waals surface area contributed by atoms with Crippen molar-refractivity contribution >= 4 is 0 Å². The van der Waals surface area contributed by atoms with E-state index >= 15 is 0 Å². The number of hydrogen-bond acceptors (Lipinski definition) is 2. The molecule has 2 fully saturated rings. The van der Waals surface area contributed by atoms with Gasteiger partial charge in [0.05, 0.1) is 12.2 Å². The molecule has 2 aliphatic carbocycles. The summed E-state index contributed by atoms with van der Waals surface area (Å²) in [6, 6.07) is 0. The van der Waals surface area contributed by atoms with E-state index in [0.29, 0.717) is 17.8 Å². The Kier molecular flexibility index (Phi) is 5.08. The molecule has 5 atom stereocenters. The standard InChI is InChI=1S/C16H30O2/c1-11-8-9-14(10-12(11)2)16(18)15(17)13-6-4-3-5-7-13/h11-18H,3-10H2,1-2H3. The molecule has 0 heterocycles. The highest BCUT2D eigenvalue weighted by Gasteiger charge is 2.36. The Hall–Kier alpha value is -0.0800. The molecule has 0 aromatic rings. The third-order valence-electron chi connectivity index (χ3n) is 5.60. The van der Waals surface area contributed by atoms with Crippen LogP contribution in [-0.4, -0.2) is 22.4 Å². The first-order valence-electron chi connectivity index (χ1n) is 7.95. The number of aliphatic hydroxyl groups excluding tert-OH is 2. The van der Waals surface area contributed by atoms with E-state index in [1.54, 1.807) is 0 Å². The average Bonchev–Trinajstić information content (AvgIpc) is 2.41. The summed E-state index contributed by atoms with van der Waals surface area (Å²) in [6.45, 7) is 4.60. The molecule has 0 aliphatic heterocycles. The Labute approximate surface area is 112 Å². The van der Waals surface area contributed by atoms with Gasteiger partial charge >= 0.3 is 0 Å². The van der Waals surface area contributed by atoms with Gasteiger partial charge in [0.1, 0.15) is 0 Å². The maximum absolute atomic E-state index is 10.4. The monoisotopic (exact) mass is 254 g/mol. The third-order valence-corrected chi connectivity index (χ3v) is 5.60. The summed E-state index contributed by atoms with van der Waals surface area (Å²) in [5.41, 5.74) is 0. The lowest BCUT2D eigenvalue weighted by atomic mass is 9.71. The molecule has 2 aliphatic rings. The quantitative estimate of drug-likeness (QED) is 0.810. The van der Waals surface area contributed by atoms with Gasteiger partial charge in [0.2, 0.25) is 0 Å². The molecule has 5 unspecified atom stereocenters. The van der Waals surface area contributed by atoms with E-state index in [0.717, 1.165) is 31.6 Å². The van der Waals surface area contributed by atoms with Crippen molar-refractivity contribution in [3.05, 3.63) is 0 Å².